The van der Waals surface area contributed by atoms with Crippen LogP contribution in [-0.4, -0.2) is 16.3 Å². The Hall–Kier alpha value is -2.38. The van der Waals surface area contributed by atoms with Crippen LogP contribution in [0.25, 0.3) is 0 Å². The van der Waals surface area contributed by atoms with E-state index < -0.39 is 12.2 Å². The van der Waals surface area contributed by atoms with Gasteiger partial charge in [-0.25, -0.2) is 14.4 Å². The first-order chi connectivity index (χ1) is 10.4. The lowest BCUT2D eigenvalue weighted by Crippen LogP contribution is -2.18. The average molecular weight is 315 g/mol. The number of para-hydroxylation sites is 1. The molecule has 0 aliphatic rings. The molecule has 2 rings (SSSR count). The number of nitrogens with one attached hydrogen (secondary N) is 1. The molecule has 118 valence electrons. The molecule has 8 heteroatoms. The number of hydrogen-bond acceptors (Lipinski definition) is 4. The maximum atomic E-state index is 13.9. The molecule has 0 saturated carbocycles. The molecule has 1 aromatic heterocycles. The molecule has 1 aromatic carbocycles. The van der Waals surface area contributed by atoms with Gasteiger partial charge in [0.05, 0.1) is 5.69 Å². The molecule has 0 unspecified atom stereocenters. The maximum absolute atomic E-state index is 13.9. The maximum Gasteiger partial charge on any atom is 0.573 e. The summed E-state index contributed by atoms with van der Waals surface area (Å²) in [6.45, 7) is 1.67. The van der Waals surface area contributed by atoms with Gasteiger partial charge in [0, 0.05) is 12.1 Å². The average Bonchev–Trinajstić information content (AvgIpc) is 2.46. The largest absolute Gasteiger partial charge is 0.573 e. The van der Waals surface area contributed by atoms with Crippen molar-refractivity contribution in [1.29, 1.82) is 0 Å². The molecule has 0 aliphatic carbocycles. The van der Waals surface area contributed by atoms with Crippen LogP contribution in [0.1, 0.15) is 18.2 Å². The summed E-state index contributed by atoms with van der Waals surface area (Å²) in [5.74, 6) is -1.01. The van der Waals surface area contributed by atoms with Gasteiger partial charge in [0.15, 0.2) is 11.6 Å². The van der Waals surface area contributed by atoms with Crippen LogP contribution in [0.15, 0.2) is 30.6 Å². The molecule has 1 N–H and O–H groups in total. The third-order valence-electron chi connectivity index (χ3n) is 2.84. The molecule has 0 radical (unpaired) electrons. The van der Waals surface area contributed by atoms with E-state index in [4.69, 9.17) is 0 Å². The number of ether oxygens (including phenoxy) is 1. The van der Waals surface area contributed by atoms with Gasteiger partial charge in [-0.05, 0) is 12.5 Å². The van der Waals surface area contributed by atoms with Gasteiger partial charge < -0.3 is 10.1 Å². The van der Waals surface area contributed by atoms with Crippen molar-refractivity contribution in [3.8, 4) is 5.75 Å². The number of anilines is 1. The second-order valence-electron chi connectivity index (χ2n) is 4.35. The zero-order chi connectivity index (χ0) is 16.2. The molecule has 4 nitrogen and oxygen atoms in total. The second-order valence-corrected chi connectivity index (χ2v) is 4.35. The van der Waals surface area contributed by atoms with Gasteiger partial charge in [0.2, 0.25) is 0 Å². The molecule has 0 fully saturated rings. The number of aryl methyl sites for hydroxylation is 1. The molecule has 0 atom stereocenters. The molecule has 0 aliphatic heterocycles. The summed E-state index contributed by atoms with van der Waals surface area (Å²) in [5, 5.41) is 2.66. The fourth-order valence-electron chi connectivity index (χ4n) is 1.83. The van der Waals surface area contributed by atoms with E-state index in [-0.39, 0.29) is 29.4 Å². The van der Waals surface area contributed by atoms with Crippen molar-refractivity contribution < 1.29 is 22.3 Å². The first kappa shape index (κ1) is 16.0. The fraction of sp³-hybridized carbons (Fsp3) is 0.286. The topological polar surface area (TPSA) is 47.0 Å². The van der Waals surface area contributed by atoms with Crippen LogP contribution < -0.4 is 10.1 Å². The minimum Gasteiger partial charge on any atom is -0.405 e. The minimum atomic E-state index is -4.79. The van der Waals surface area contributed by atoms with Crippen molar-refractivity contribution in [1.82, 2.24) is 9.97 Å². The number of nitrogens with zero attached hydrogens (tertiary/aromatic N) is 2. The second kappa shape index (κ2) is 6.59. The molecular weight excluding hydrogens is 302 g/mol. The summed E-state index contributed by atoms with van der Waals surface area (Å²) in [5.41, 5.74) is 0.466. The lowest BCUT2D eigenvalue weighted by Gasteiger charge is -2.14. The van der Waals surface area contributed by atoms with E-state index in [1.807, 2.05) is 0 Å². The molecule has 22 heavy (non-hydrogen) atoms. The van der Waals surface area contributed by atoms with Crippen molar-refractivity contribution >= 4 is 5.82 Å². The van der Waals surface area contributed by atoms with Crippen LogP contribution in [0.2, 0.25) is 0 Å². The molecule has 0 saturated heterocycles. The first-order valence-corrected chi connectivity index (χ1v) is 6.47. The number of aromatic nitrogens is 2. The van der Waals surface area contributed by atoms with Crippen molar-refractivity contribution in [2.75, 3.05) is 5.32 Å². The summed E-state index contributed by atoms with van der Waals surface area (Å²) in [4.78, 5) is 7.52. The Kier molecular flexibility index (Phi) is 4.79. The summed E-state index contributed by atoms with van der Waals surface area (Å²) in [6, 6.07) is 5.63. The molecule has 1 heterocycles. The van der Waals surface area contributed by atoms with Crippen molar-refractivity contribution in [3.05, 3.63) is 47.7 Å². The number of halogens is 4. The highest BCUT2D eigenvalue weighted by molar-refractivity contribution is 5.41. The van der Waals surface area contributed by atoms with Crippen molar-refractivity contribution in [3.63, 3.8) is 0 Å². The van der Waals surface area contributed by atoms with Crippen molar-refractivity contribution in [2.24, 2.45) is 0 Å². The van der Waals surface area contributed by atoms with Crippen LogP contribution in [0, 0.1) is 5.82 Å². The summed E-state index contributed by atoms with van der Waals surface area (Å²) in [6.07, 6.45) is -3.20. The predicted molar refractivity (Wildman–Crippen MR) is 71.8 cm³/mol. The number of benzene rings is 1. The molecule has 0 spiro atoms. The first-order valence-electron chi connectivity index (χ1n) is 6.47. The third-order valence-corrected chi connectivity index (χ3v) is 2.84. The Morgan fingerprint density at radius 3 is 2.59 bits per heavy atom. The number of rotatable bonds is 5. The van der Waals surface area contributed by atoms with Crippen LogP contribution in [0.3, 0.4) is 0 Å². The van der Waals surface area contributed by atoms with E-state index in [0.29, 0.717) is 6.42 Å². The normalized spacial score (nSPS) is 11.3. The molecule has 2 aromatic rings. The molecule has 0 amide bonds. The van der Waals surface area contributed by atoms with Gasteiger partial charge in [-0.2, -0.15) is 0 Å². The van der Waals surface area contributed by atoms with Crippen molar-refractivity contribution in [2.45, 2.75) is 26.3 Å². The third kappa shape index (κ3) is 4.06. The number of hydrogen-bond donors (Lipinski definition) is 1. The van der Waals surface area contributed by atoms with E-state index in [0.717, 1.165) is 0 Å². The Labute approximate surface area is 124 Å². The summed E-state index contributed by atoms with van der Waals surface area (Å²) >= 11 is 0. The summed E-state index contributed by atoms with van der Waals surface area (Å²) in [7, 11) is 0. The van der Waals surface area contributed by atoms with E-state index >= 15 is 0 Å². The summed E-state index contributed by atoms with van der Waals surface area (Å²) < 4.78 is 54.9. The van der Waals surface area contributed by atoms with Crippen LogP contribution in [0.5, 0.6) is 5.75 Å². The Morgan fingerprint density at radius 2 is 1.91 bits per heavy atom. The van der Waals surface area contributed by atoms with Gasteiger partial charge >= 0.3 is 6.36 Å². The Balaban J connectivity index is 2.15. The van der Waals surface area contributed by atoms with E-state index in [2.05, 4.69) is 20.0 Å². The smallest absolute Gasteiger partial charge is 0.405 e. The van der Waals surface area contributed by atoms with Gasteiger partial charge in [-0.3, -0.25) is 0 Å². The van der Waals surface area contributed by atoms with Crippen LogP contribution >= 0.6 is 0 Å². The van der Waals surface area contributed by atoms with E-state index in [9.17, 15) is 17.6 Å². The fourth-order valence-corrected chi connectivity index (χ4v) is 1.83. The molecular formula is C14H13F4N3O. The van der Waals surface area contributed by atoms with E-state index in [1.165, 1.54) is 24.5 Å². The van der Waals surface area contributed by atoms with Gasteiger partial charge in [0.25, 0.3) is 0 Å². The standard InChI is InChI=1S/C14H13F4N3O/c1-2-10-12(15)13(21-8-20-10)19-7-9-5-3-4-6-11(9)22-14(16,17)18/h3-6,8H,2,7H2,1H3,(H,19,20,21). The zero-order valence-electron chi connectivity index (χ0n) is 11.6. The molecule has 0 bridgehead atoms. The highest BCUT2D eigenvalue weighted by Crippen LogP contribution is 2.27. The van der Waals surface area contributed by atoms with Crippen LogP contribution in [0.4, 0.5) is 23.4 Å². The minimum absolute atomic E-state index is 0.0614. The Bertz CT molecular complexity index is 646. The van der Waals surface area contributed by atoms with Gasteiger partial charge in [-0.15, -0.1) is 13.2 Å². The monoisotopic (exact) mass is 315 g/mol. The quantitative estimate of drug-likeness (QED) is 0.855. The Morgan fingerprint density at radius 1 is 1.18 bits per heavy atom. The van der Waals surface area contributed by atoms with Crippen LogP contribution in [-0.2, 0) is 13.0 Å². The lowest BCUT2D eigenvalue weighted by atomic mass is 10.2. The SMILES string of the molecule is CCc1ncnc(NCc2ccccc2OC(F)(F)F)c1F. The van der Waals surface area contributed by atoms with E-state index in [1.54, 1.807) is 13.0 Å². The highest BCUT2D eigenvalue weighted by Gasteiger charge is 2.31. The predicted octanol–water partition coefficient (Wildman–Crippen LogP) is 3.69. The zero-order valence-corrected chi connectivity index (χ0v) is 11.6. The highest BCUT2D eigenvalue weighted by atomic mass is 19.4. The number of alkyl halides is 3. The lowest BCUT2D eigenvalue weighted by molar-refractivity contribution is -0.274. The van der Waals surface area contributed by atoms with Gasteiger partial charge in [-0.1, -0.05) is 25.1 Å². The van der Waals surface area contributed by atoms with Gasteiger partial charge in [0.1, 0.15) is 12.1 Å².